The second kappa shape index (κ2) is 7.42. The Kier molecular flexibility index (Phi) is 5.28. The van der Waals surface area contributed by atoms with Gasteiger partial charge in [0.2, 0.25) is 5.91 Å². The van der Waals surface area contributed by atoms with E-state index >= 15 is 0 Å². The fraction of sp³-hybridized carbons (Fsp3) is 0.588. The molecule has 1 aliphatic carbocycles. The maximum absolute atomic E-state index is 12.4. The van der Waals surface area contributed by atoms with Gasteiger partial charge in [-0.15, -0.1) is 10.2 Å². The Morgan fingerprint density at radius 2 is 2.17 bits per heavy atom. The Hall–Kier alpha value is -1.76. The summed E-state index contributed by atoms with van der Waals surface area (Å²) in [6, 6.07) is 2.07. The van der Waals surface area contributed by atoms with Gasteiger partial charge in [0.15, 0.2) is 0 Å². The third-order valence-electron chi connectivity index (χ3n) is 4.58. The first-order valence-electron chi connectivity index (χ1n) is 8.39. The molecule has 0 bridgehead atoms. The van der Waals surface area contributed by atoms with Gasteiger partial charge < -0.3 is 14.2 Å². The molecule has 0 spiro atoms. The number of carbonyl (C=O) groups excluding carboxylic acids is 1. The molecule has 0 aromatic carbocycles. The molecule has 2 heterocycles. The van der Waals surface area contributed by atoms with Gasteiger partial charge in [-0.05, 0) is 38.7 Å². The van der Waals surface area contributed by atoms with E-state index in [1.54, 1.807) is 12.3 Å². The molecule has 24 heavy (non-hydrogen) atoms. The van der Waals surface area contributed by atoms with Crippen LogP contribution >= 0.6 is 11.8 Å². The number of rotatable bonds is 5. The number of hydrogen-bond donors (Lipinski definition) is 1. The molecule has 0 unspecified atom stereocenters. The highest BCUT2D eigenvalue weighted by atomic mass is 32.2. The van der Waals surface area contributed by atoms with Gasteiger partial charge in [0.1, 0.15) is 5.76 Å². The predicted octanol–water partition coefficient (Wildman–Crippen LogP) is 3.81. The number of nitrogens with zero attached hydrogens (tertiary/aromatic N) is 2. The molecule has 7 heteroatoms. The van der Waals surface area contributed by atoms with Crippen LogP contribution in [0.25, 0.3) is 11.5 Å². The zero-order valence-electron chi connectivity index (χ0n) is 14.2. The van der Waals surface area contributed by atoms with Crippen molar-refractivity contribution in [2.24, 2.45) is 5.92 Å². The van der Waals surface area contributed by atoms with E-state index in [1.807, 2.05) is 13.8 Å². The zero-order chi connectivity index (χ0) is 17.1. The van der Waals surface area contributed by atoms with Crippen LogP contribution in [0.4, 0.5) is 0 Å². The summed E-state index contributed by atoms with van der Waals surface area (Å²) in [4.78, 5) is 12.4. The molecule has 1 saturated carbocycles. The Morgan fingerprint density at radius 1 is 1.38 bits per heavy atom. The first-order chi connectivity index (χ1) is 11.5. The van der Waals surface area contributed by atoms with Crippen molar-refractivity contribution in [2.75, 3.05) is 0 Å². The number of amides is 1. The summed E-state index contributed by atoms with van der Waals surface area (Å²) in [5.74, 6) is 1.71. The van der Waals surface area contributed by atoms with Gasteiger partial charge in [0.05, 0.1) is 17.1 Å². The van der Waals surface area contributed by atoms with Gasteiger partial charge in [-0.25, -0.2) is 0 Å². The van der Waals surface area contributed by atoms with E-state index in [9.17, 15) is 4.79 Å². The highest BCUT2D eigenvalue weighted by molar-refractivity contribution is 8.00. The molecule has 3 atom stereocenters. The quantitative estimate of drug-likeness (QED) is 0.827. The van der Waals surface area contributed by atoms with E-state index in [0.29, 0.717) is 17.0 Å². The normalized spacial score (nSPS) is 22.3. The van der Waals surface area contributed by atoms with Crippen molar-refractivity contribution < 1.29 is 13.6 Å². The maximum atomic E-state index is 12.4. The average molecular weight is 349 g/mol. The summed E-state index contributed by atoms with van der Waals surface area (Å²) in [6.07, 6.45) is 6.28. The Morgan fingerprint density at radius 3 is 2.88 bits per heavy atom. The summed E-state index contributed by atoms with van der Waals surface area (Å²) in [7, 11) is 0. The van der Waals surface area contributed by atoms with Crippen LogP contribution in [0.3, 0.4) is 0 Å². The minimum absolute atomic E-state index is 0.0259. The minimum Gasteiger partial charge on any atom is -0.469 e. The molecule has 1 N–H and O–H groups in total. The molecule has 2 aromatic heterocycles. The zero-order valence-corrected chi connectivity index (χ0v) is 15.1. The van der Waals surface area contributed by atoms with Crippen molar-refractivity contribution >= 4 is 17.7 Å². The van der Waals surface area contributed by atoms with Crippen LogP contribution in [0.1, 0.15) is 45.3 Å². The smallest absolute Gasteiger partial charge is 0.277 e. The summed E-state index contributed by atoms with van der Waals surface area (Å²) < 4.78 is 10.9. The van der Waals surface area contributed by atoms with Crippen molar-refractivity contribution in [1.29, 1.82) is 0 Å². The first-order valence-corrected chi connectivity index (χ1v) is 9.27. The summed E-state index contributed by atoms with van der Waals surface area (Å²) in [6.45, 7) is 5.91. The van der Waals surface area contributed by atoms with Crippen LogP contribution < -0.4 is 5.32 Å². The van der Waals surface area contributed by atoms with Crippen molar-refractivity contribution in [2.45, 2.75) is 63.0 Å². The topological polar surface area (TPSA) is 81.2 Å². The monoisotopic (exact) mass is 349 g/mol. The van der Waals surface area contributed by atoms with E-state index in [0.717, 1.165) is 17.7 Å². The van der Waals surface area contributed by atoms with E-state index < -0.39 is 0 Å². The van der Waals surface area contributed by atoms with Crippen LogP contribution in [0.2, 0.25) is 0 Å². The molecular weight excluding hydrogens is 326 g/mol. The predicted molar refractivity (Wildman–Crippen MR) is 91.6 cm³/mol. The largest absolute Gasteiger partial charge is 0.469 e. The van der Waals surface area contributed by atoms with Crippen molar-refractivity contribution in [3.63, 3.8) is 0 Å². The Labute approximate surface area is 145 Å². The molecule has 0 aliphatic heterocycles. The average Bonchev–Trinajstić information content (AvgIpc) is 3.18. The summed E-state index contributed by atoms with van der Waals surface area (Å²) in [5.41, 5.74) is 0.780. The molecule has 1 aliphatic rings. The number of nitrogens with one attached hydrogen (secondary N) is 1. The second-order valence-electron chi connectivity index (χ2n) is 6.40. The van der Waals surface area contributed by atoms with Gasteiger partial charge >= 0.3 is 0 Å². The lowest BCUT2D eigenvalue weighted by molar-refractivity contribution is -0.121. The molecule has 2 aromatic rings. The fourth-order valence-electron chi connectivity index (χ4n) is 3.01. The minimum atomic E-state index is -0.280. The number of thioether (sulfide) groups is 1. The van der Waals surface area contributed by atoms with E-state index in [-0.39, 0.29) is 17.2 Å². The number of furan rings is 1. The maximum Gasteiger partial charge on any atom is 0.277 e. The molecule has 1 amide bonds. The van der Waals surface area contributed by atoms with Gasteiger partial charge in [0.25, 0.3) is 11.1 Å². The van der Waals surface area contributed by atoms with Gasteiger partial charge in [-0.2, -0.15) is 0 Å². The molecule has 6 nitrogen and oxygen atoms in total. The lowest BCUT2D eigenvalue weighted by atomic mass is 9.86. The lowest BCUT2D eigenvalue weighted by Gasteiger charge is -2.30. The molecule has 0 saturated heterocycles. The third-order valence-corrected chi connectivity index (χ3v) is 5.52. The van der Waals surface area contributed by atoms with Crippen LogP contribution in [-0.2, 0) is 4.79 Å². The van der Waals surface area contributed by atoms with Crippen LogP contribution in [0.15, 0.2) is 26.4 Å². The standard InChI is InChI=1S/C17H23N3O3S/c1-10-6-4-5-7-14(10)18-15(21)12(3)24-17-20-19-16(23-17)13-8-9-22-11(13)2/h8-10,12,14H,4-7H2,1-3H3,(H,18,21)/t10-,12-,14+/m0/s1. The Bertz CT molecular complexity index is 697. The van der Waals surface area contributed by atoms with Crippen LogP contribution in [0, 0.1) is 12.8 Å². The molecular formula is C17H23N3O3S. The lowest BCUT2D eigenvalue weighted by Crippen LogP contribution is -2.44. The summed E-state index contributed by atoms with van der Waals surface area (Å²) >= 11 is 1.28. The van der Waals surface area contributed by atoms with Crippen LogP contribution in [-0.4, -0.2) is 27.4 Å². The number of hydrogen-bond acceptors (Lipinski definition) is 6. The van der Waals surface area contributed by atoms with Crippen molar-refractivity contribution in [3.8, 4) is 11.5 Å². The van der Waals surface area contributed by atoms with Gasteiger partial charge in [-0.3, -0.25) is 4.79 Å². The van der Waals surface area contributed by atoms with Gasteiger partial charge in [-0.1, -0.05) is 31.5 Å². The molecule has 130 valence electrons. The second-order valence-corrected chi connectivity index (χ2v) is 7.69. The van der Waals surface area contributed by atoms with Crippen molar-refractivity contribution in [1.82, 2.24) is 15.5 Å². The van der Waals surface area contributed by atoms with E-state index in [4.69, 9.17) is 8.83 Å². The highest BCUT2D eigenvalue weighted by Gasteiger charge is 2.26. The number of carbonyl (C=O) groups is 1. The number of aromatic nitrogens is 2. The molecule has 1 fully saturated rings. The van der Waals surface area contributed by atoms with E-state index in [2.05, 4.69) is 22.4 Å². The highest BCUT2D eigenvalue weighted by Crippen LogP contribution is 2.29. The van der Waals surface area contributed by atoms with Crippen molar-refractivity contribution in [3.05, 3.63) is 18.1 Å². The molecule has 3 rings (SSSR count). The molecule has 0 radical (unpaired) electrons. The fourth-order valence-corrected chi connectivity index (χ4v) is 3.70. The SMILES string of the molecule is Cc1occc1-c1nnc(S[C@@H](C)C(=O)N[C@@H]2CCCC[C@@H]2C)o1. The summed E-state index contributed by atoms with van der Waals surface area (Å²) in [5, 5.41) is 11.3. The van der Waals surface area contributed by atoms with Crippen LogP contribution in [0.5, 0.6) is 0 Å². The van der Waals surface area contributed by atoms with Gasteiger partial charge in [0, 0.05) is 6.04 Å². The first kappa shape index (κ1) is 17.1. The van der Waals surface area contributed by atoms with E-state index in [1.165, 1.54) is 31.0 Å². The number of aryl methyl sites for hydroxylation is 1. The third kappa shape index (κ3) is 3.83. The Balaban J connectivity index is 1.58.